The van der Waals surface area contributed by atoms with E-state index in [-0.39, 0.29) is 5.41 Å². The van der Waals surface area contributed by atoms with Crippen LogP contribution in [0.15, 0.2) is 140 Å². The maximum Gasteiger partial charge on any atom is 0.0786 e. The third-order valence-corrected chi connectivity index (χ3v) is 12.4. The molecule has 0 saturated heterocycles. The Labute approximate surface area is 300 Å². The molecule has 0 N–H and O–H groups in total. The SMILES string of the molecule is CC1(C)c2ccccc2-c2cc3c4c(c21)-c1ccccc1-c1ccc(C2CCCCC2)cc1N4c1ccc2ccccc2c1N3c1ccccc1. The van der Waals surface area contributed by atoms with Crippen molar-refractivity contribution in [3.8, 4) is 33.4 Å². The molecular weight excluding hydrogens is 617 g/mol. The van der Waals surface area contributed by atoms with Crippen molar-refractivity contribution in [2.75, 3.05) is 9.80 Å². The zero-order chi connectivity index (χ0) is 33.8. The Hall–Kier alpha value is -5.60. The van der Waals surface area contributed by atoms with Crippen LogP contribution in [0.5, 0.6) is 0 Å². The van der Waals surface area contributed by atoms with E-state index in [2.05, 4.69) is 163 Å². The number of para-hydroxylation sites is 1. The molecule has 0 radical (unpaired) electrons. The molecule has 2 aliphatic heterocycles. The lowest BCUT2D eigenvalue weighted by atomic mass is 9.77. The number of fused-ring (bicyclic) bond motifs is 13. The molecule has 51 heavy (non-hydrogen) atoms. The van der Waals surface area contributed by atoms with E-state index in [1.807, 2.05) is 0 Å². The number of rotatable bonds is 2. The second kappa shape index (κ2) is 10.7. The first-order chi connectivity index (χ1) is 25.1. The first kappa shape index (κ1) is 29.2. The van der Waals surface area contributed by atoms with Gasteiger partial charge >= 0.3 is 0 Å². The molecule has 0 unspecified atom stereocenters. The van der Waals surface area contributed by atoms with Gasteiger partial charge in [-0.1, -0.05) is 142 Å². The van der Waals surface area contributed by atoms with Gasteiger partial charge in [0.1, 0.15) is 0 Å². The van der Waals surface area contributed by atoms with Gasteiger partial charge in [-0.15, -0.1) is 0 Å². The number of hydrogen-bond acceptors (Lipinski definition) is 2. The summed E-state index contributed by atoms with van der Waals surface area (Å²) in [6.45, 7) is 4.87. The normalized spacial score (nSPS) is 16.4. The fraction of sp³-hybridized carbons (Fsp3) is 0.184. The minimum Gasteiger partial charge on any atom is -0.306 e. The minimum atomic E-state index is -0.180. The lowest BCUT2D eigenvalue weighted by Gasteiger charge is -2.43. The third kappa shape index (κ3) is 3.99. The molecule has 2 heterocycles. The van der Waals surface area contributed by atoms with E-state index < -0.39 is 0 Å². The summed E-state index contributed by atoms with van der Waals surface area (Å²) in [7, 11) is 0. The molecule has 2 heteroatoms. The molecule has 7 aromatic carbocycles. The van der Waals surface area contributed by atoms with Crippen molar-refractivity contribution < 1.29 is 0 Å². The molecule has 2 aliphatic carbocycles. The van der Waals surface area contributed by atoms with E-state index in [0.29, 0.717) is 5.92 Å². The molecule has 0 amide bonds. The molecular formula is C49H40N2. The van der Waals surface area contributed by atoms with Crippen molar-refractivity contribution in [1.82, 2.24) is 0 Å². The van der Waals surface area contributed by atoms with Gasteiger partial charge in [0.05, 0.1) is 28.4 Å². The second-order valence-electron chi connectivity index (χ2n) is 15.5. The second-order valence-corrected chi connectivity index (χ2v) is 15.5. The van der Waals surface area contributed by atoms with Crippen molar-refractivity contribution in [2.24, 2.45) is 0 Å². The van der Waals surface area contributed by atoms with Crippen LogP contribution >= 0.6 is 0 Å². The molecule has 1 fully saturated rings. The molecule has 1 saturated carbocycles. The summed E-state index contributed by atoms with van der Waals surface area (Å²) in [5.41, 5.74) is 19.6. The average molecular weight is 657 g/mol. The molecule has 0 bridgehead atoms. The third-order valence-electron chi connectivity index (χ3n) is 12.4. The zero-order valence-corrected chi connectivity index (χ0v) is 29.3. The van der Waals surface area contributed by atoms with Crippen molar-refractivity contribution >= 4 is 44.9 Å². The van der Waals surface area contributed by atoms with E-state index in [1.54, 1.807) is 0 Å². The van der Waals surface area contributed by atoms with Crippen molar-refractivity contribution in [3.63, 3.8) is 0 Å². The van der Waals surface area contributed by atoms with Gasteiger partial charge in [0, 0.05) is 27.6 Å². The monoisotopic (exact) mass is 656 g/mol. The summed E-state index contributed by atoms with van der Waals surface area (Å²) in [5, 5.41) is 2.52. The minimum absolute atomic E-state index is 0.180. The van der Waals surface area contributed by atoms with Crippen LogP contribution in [0.1, 0.15) is 68.6 Å². The van der Waals surface area contributed by atoms with Crippen LogP contribution in [-0.2, 0) is 5.41 Å². The van der Waals surface area contributed by atoms with E-state index >= 15 is 0 Å². The van der Waals surface area contributed by atoms with Crippen LogP contribution in [0, 0.1) is 0 Å². The van der Waals surface area contributed by atoms with Gasteiger partial charge < -0.3 is 9.80 Å². The predicted octanol–water partition coefficient (Wildman–Crippen LogP) is 14.1. The van der Waals surface area contributed by atoms with E-state index in [4.69, 9.17) is 0 Å². The van der Waals surface area contributed by atoms with Crippen LogP contribution in [0.2, 0.25) is 0 Å². The molecule has 0 aromatic heterocycles. The van der Waals surface area contributed by atoms with Gasteiger partial charge in [0.2, 0.25) is 0 Å². The smallest absolute Gasteiger partial charge is 0.0786 e. The van der Waals surface area contributed by atoms with Gasteiger partial charge in [-0.05, 0) is 93.4 Å². The highest BCUT2D eigenvalue weighted by Gasteiger charge is 2.45. The van der Waals surface area contributed by atoms with Crippen molar-refractivity contribution in [1.29, 1.82) is 0 Å². The fourth-order valence-corrected chi connectivity index (χ4v) is 10.2. The maximum atomic E-state index is 2.67. The first-order valence-corrected chi connectivity index (χ1v) is 18.8. The molecule has 7 aromatic rings. The number of nitrogens with zero attached hydrogens (tertiary/aromatic N) is 2. The number of anilines is 6. The molecule has 0 atom stereocenters. The summed E-state index contributed by atoms with van der Waals surface area (Å²) < 4.78 is 0. The van der Waals surface area contributed by atoms with Gasteiger partial charge in [-0.2, -0.15) is 0 Å². The van der Waals surface area contributed by atoms with Crippen LogP contribution in [0.3, 0.4) is 0 Å². The van der Waals surface area contributed by atoms with Crippen molar-refractivity contribution in [3.05, 3.63) is 156 Å². The topological polar surface area (TPSA) is 6.48 Å². The van der Waals surface area contributed by atoms with Crippen LogP contribution in [0.4, 0.5) is 34.1 Å². The average Bonchev–Trinajstić information content (AvgIpc) is 3.33. The Morgan fingerprint density at radius 2 is 1.24 bits per heavy atom. The summed E-state index contributed by atoms with van der Waals surface area (Å²) in [6.07, 6.45) is 6.56. The zero-order valence-electron chi connectivity index (χ0n) is 29.3. The Bertz CT molecular complexity index is 2550. The van der Waals surface area contributed by atoms with E-state index in [1.165, 1.54) is 127 Å². The summed E-state index contributed by atoms with van der Waals surface area (Å²) in [6, 6.07) is 53.0. The lowest BCUT2D eigenvalue weighted by molar-refractivity contribution is 0.444. The molecule has 4 aliphatic rings. The Morgan fingerprint density at radius 1 is 0.510 bits per heavy atom. The number of hydrogen-bond donors (Lipinski definition) is 0. The highest BCUT2D eigenvalue weighted by atomic mass is 15.3. The maximum absolute atomic E-state index is 2.67. The van der Waals surface area contributed by atoms with Crippen LogP contribution in [-0.4, -0.2) is 0 Å². The summed E-state index contributed by atoms with van der Waals surface area (Å²) in [4.78, 5) is 5.24. The van der Waals surface area contributed by atoms with Crippen LogP contribution in [0.25, 0.3) is 44.2 Å². The summed E-state index contributed by atoms with van der Waals surface area (Å²) in [5.74, 6) is 0.608. The Morgan fingerprint density at radius 3 is 2.08 bits per heavy atom. The van der Waals surface area contributed by atoms with Gasteiger partial charge in [0.15, 0.2) is 0 Å². The van der Waals surface area contributed by atoms with Gasteiger partial charge in [0.25, 0.3) is 0 Å². The molecule has 11 rings (SSSR count). The Balaban J connectivity index is 1.34. The van der Waals surface area contributed by atoms with Crippen LogP contribution < -0.4 is 9.80 Å². The van der Waals surface area contributed by atoms with Gasteiger partial charge in [-0.25, -0.2) is 0 Å². The lowest BCUT2D eigenvalue weighted by Crippen LogP contribution is -2.26. The highest BCUT2D eigenvalue weighted by Crippen LogP contribution is 2.66. The molecule has 246 valence electrons. The molecule has 2 nitrogen and oxygen atoms in total. The largest absolute Gasteiger partial charge is 0.306 e. The summed E-state index contributed by atoms with van der Waals surface area (Å²) >= 11 is 0. The standard InChI is InChI=1S/C49H40N2/c1-49(2)41-24-14-13-22-37(41)40-30-44-48-45(46(40)49)39-23-12-11-21-36(39)38-27-25-33(31-15-5-3-6-16-31)29-43(38)51(48)42-28-26-32-17-9-10-20-35(32)47(42)50(44)34-18-7-4-8-19-34/h4,7-14,17-31H,3,5-6,15-16H2,1-2H3. The number of benzene rings is 7. The fourth-order valence-electron chi connectivity index (χ4n) is 10.2. The molecule has 0 spiro atoms. The Kier molecular flexibility index (Phi) is 6.12. The highest BCUT2D eigenvalue weighted by molar-refractivity contribution is 6.19. The van der Waals surface area contributed by atoms with Gasteiger partial charge in [-0.3, -0.25) is 0 Å². The first-order valence-electron chi connectivity index (χ1n) is 18.8. The predicted molar refractivity (Wildman–Crippen MR) is 215 cm³/mol. The van der Waals surface area contributed by atoms with E-state index in [0.717, 1.165) is 0 Å². The van der Waals surface area contributed by atoms with E-state index in [9.17, 15) is 0 Å². The quantitative estimate of drug-likeness (QED) is 0.183. The van der Waals surface area contributed by atoms with Crippen molar-refractivity contribution in [2.45, 2.75) is 57.3 Å².